The maximum atomic E-state index is 11.1. The number of nitrogens with one attached hydrogen (secondary N) is 1. The third-order valence-corrected chi connectivity index (χ3v) is 3.18. The average Bonchev–Trinajstić information content (AvgIpc) is 2.52. The van der Waals surface area contributed by atoms with Crippen molar-refractivity contribution in [1.29, 1.82) is 0 Å². The first-order valence-corrected chi connectivity index (χ1v) is 4.55. The van der Waals surface area contributed by atoms with Crippen LogP contribution in [0.15, 0.2) is 0 Å². The van der Waals surface area contributed by atoms with E-state index in [0.29, 0.717) is 19.6 Å². The van der Waals surface area contributed by atoms with E-state index in [1.807, 2.05) is 6.26 Å². The van der Waals surface area contributed by atoms with E-state index in [9.17, 15) is 4.79 Å². The van der Waals surface area contributed by atoms with Crippen molar-refractivity contribution in [1.82, 2.24) is 5.48 Å². The smallest absolute Gasteiger partial charge is 0.262 e. The van der Waals surface area contributed by atoms with E-state index in [2.05, 4.69) is 0 Å². The molecule has 1 heterocycles. The Bertz CT molecular complexity index is 156. The summed E-state index contributed by atoms with van der Waals surface area (Å²) in [5.74, 6) is -0.359. The monoisotopic (exact) mass is 177 g/mol. The number of thioether (sulfide) groups is 1. The largest absolute Gasteiger partial charge is 0.379 e. The highest BCUT2D eigenvalue weighted by Gasteiger charge is 2.41. The molecule has 4 nitrogen and oxygen atoms in total. The second kappa shape index (κ2) is 3.42. The predicted octanol–water partition coefficient (Wildman–Crippen LogP) is 0.0139. The van der Waals surface area contributed by atoms with E-state index < -0.39 is 4.75 Å². The van der Waals surface area contributed by atoms with Crippen molar-refractivity contribution in [3.05, 3.63) is 0 Å². The van der Waals surface area contributed by atoms with Crippen molar-refractivity contribution in [2.24, 2.45) is 0 Å². The molecule has 0 aliphatic carbocycles. The number of carbonyl (C=O) groups is 1. The lowest BCUT2D eigenvalue weighted by Gasteiger charge is -2.21. The maximum Gasteiger partial charge on any atom is 0.262 e. The Morgan fingerprint density at radius 1 is 1.82 bits per heavy atom. The third-order valence-electron chi connectivity index (χ3n) is 1.89. The Balaban J connectivity index is 2.66. The van der Waals surface area contributed by atoms with E-state index in [-0.39, 0.29) is 5.91 Å². The second-order valence-corrected chi connectivity index (χ2v) is 3.63. The van der Waals surface area contributed by atoms with Gasteiger partial charge in [0, 0.05) is 6.61 Å². The van der Waals surface area contributed by atoms with Gasteiger partial charge in [-0.3, -0.25) is 10.0 Å². The number of rotatable bonds is 2. The summed E-state index contributed by atoms with van der Waals surface area (Å²) in [7, 11) is 0. The van der Waals surface area contributed by atoms with Crippen molar-refractivity contribution in [3.8, 4) is 0 Å². The molecule has 1 rings (SSSR count). The van der Waals surface area contributed by atoms with Crippen molar-refractivity contribution >= 4 is 17.7 Å². The molecular weight excluding hydrogens is 166 g/mol. The third kappa shape index (κ3) is 1.50. The lowest BCUT2D eigenvalue weighted by atomic mass is 10.1. The topological polar surface area (TPSA) is 58.6 Å². The van der Waals surface area contributed by atoms with Crippen LogP contribution in [0.2, 0.25) is 0 Å². The molecular formula is C6H11NO3S. The van der Waals surface area contributed by atoms with Crippen LogP contribution in [-0.2, 0) is 9.53 Å². The minimum absolute atomic E-state index is 0.359. The van der Waals surface area contributed by atoms with Crippen LogP contribution in [0.4, 0.5) is 0 Å². The van der Waals surface area contributed by atoms with Gasteiger partial charge in [0.2, 0.25) is 0 Å². The van der Waals surface area contributed by atoms with Gasteiger partial charge in [-0.1, -0.05) is 0 Å². The minimum Gasteiger partial charge on any atom is -0.379 e. The Morgan fingerprint density at radius 3 is 2.91 bits per heavy atom. The van der Waals surface area contributed by atoms with E-state index in [1.54, 1.807) is 5.48 Å². The molecule has 1 atom stereocenters. The number of hydrogen-bond acceptors (Lipinski definition) is 4. The van der Waals surface area contributed by atoms with Gasteiger partial charge in [0.15, 0.2) is 0 Å². The van der Waals surface area contributed by atoms with Crippen LogP contribution in [0.1, 0.15) is 6.42 Å². The van der Waals surface area contributed by atoms with Gasteiger partial charge in [-0.2, -0.15) is 0 Å². The van der Waals surface area contributed by atoms with Crippen molar-refractivity contribution in [2.75, 3.05) is 19.5 Å². The molecule has 1 amide bonds. The molecule has 0 aromatic rings. The van der Waals surface area contributed by atoms with Crippen molar-refractivity contribution in [3.63, 3.8) is 0 Å². The average molecular weight is 177 g/mol. The highest BCUT2D eigenvalue weighted by Crippen LogP contribution is 2.31. The summed E-state index contributed by atoms with van der Waals surface area (Å²) in [5.41, 5.74) is 1.66. The van der Waals surface area contributed by atoms with Gasteiger partial charge in [0.25, 0.3) is 5.91 Å². The molecule has 0 radical (unpaired) electrons. The summed E-state index contributed by atoms with van der Waals surface area (Å²) in [6, 6.07) is 0. The van der Waals surface area contributed by atoms with Crippen LogP contribution in [0, 0.1) is 0 Å². The minimum atomic E-state index is -0.561. The Hall–Kier alpha value is -0.260. The normalized spacial score (nSPS) is 30.4. The van der Waals surface area contributed by atoms with E-state index >= 15 is 0 Å². The first-order chi connectivity index (χ1) is 5.25. The number of hydrogen-bond donors (Lipinski definition) is 2. The van der Waals surface area contributed by atoms with Crippen LogP contribution in [0.3, 0.4) is 0 Å². The fourth-order valence-electron chi connectivity index (χ4n) is 1.08. The highest BCUT2D eigenvalue weighted by atomic mass is 32.2. The summed E-state index contributed by atoms with van der Waals surface area (Å²) < 4.78 is 4.52. The molecule has 1 saturated heterocycles. The summed E-state index contributed by atoms with van der Waals surface area (Å²) in [5, 5.41) is 8.42. The standard InChI is InChI=1S/C6H11NO3S/c1-11-6(5(8)7-9)2-3-10-4-6/h9H,2-4H2,1H3,(H,7,8). The molecule has 1 fully saturated rings. The SMILES string of the molecule is CSC1(C(=O)NO)CCOC1. The molecule has 1 aliphatic heterocycles. The molecule has 0 bridgehead atoms. The van der Waals surface area contributed by atoms with Gasteiger partial charge in [-0.25, -0.2) is 5.48 Å². The summed E-state index contributed by atoms with van der Waals surface area (Å²) in [4.78, 5) is 11.1. The van der Waals surface area contributed by atoms with Gasteiger partial charge in [-0.15, -0.1) is 11.8 Å². The molecule has 0 spiro atoms. The highest BCUT2D eigenvalue weighted by molar-refractivity contribution is 8.00. The Morgan fingerprint density at radius 2 is 2.55 bits per heavy atom. The molecule has 0 aromatic heterocycles. The summed E-state index contributed by atoms with van der Waals surface area (Å²) in [6.45, 7) is 0.981. The second-order valence-electron chi connectivity index (χ2n) is 2.44. The summed E-state index contributed by atoms with van der Waals surface area (Å²) >= 11 is 1.42. The Labute approximate surface area is 69.3 Å². The van der Waals surface area contributed by atoms with Gasteiger partial charge < -0.3 is 4.74 Å². The van der Waals surface area contributed by atoms with Crippen molar-refractivity contribution in [2.45, 2.75) is 11.2 Å². The Kier molecular flexibility index (Phi) is 2.75. The number of carbonyl (C=O) groups excluding carboxylic acids is 1. The fraction of sp³-hybridized carbons (Fsp3) is 0.833. The zero-order chi connectivity index (χ0) is 8.32. The number of ether oxygens (including phenoxy) is 1. The number of hydroxylamine groups is 1. The van der Waals surface area contributed by atoms with E-state index in [1.165, 1.54) is 11.8 Å². The van der Waals surface area contributed by atoms with Gasteiger partial charge in [-0.05, 0) is 12.7 Å². The summed E-state index contributed by atoms with van der Waals surface area (Å²) in [6.07, 6.45) is 2.50. The van der Waals surface area contributed by atoms with E-state index in [0.717, 1.165) is 0 Å². The van der Waals surface area contributed by atoms with Gasteiger partial charge >= 0.3 is 0 Å². The molecule has 0 saturated carbocycles. The first-order valence-electron chi connectivity index (χ1n) is 3.32. The van der Waals surface area contributed by atoms with Gasteiger partial charge in [0.1, 0.15) is 4.75 Å². The molecule has 0 aromatic carbocycles. The first kappa shape index (κ1) is 8.83. The fourth-order valence-corrected chi connectivity index (χ4v) is 1.80. The van der Waals surface area contributed by atoms with Crippen molar-refractivity contribution < 1.29 is 14.7 Å². The molecule has 11 heavy (non-hydrogen) atoms. The zero-order valence-corrected chi connectivity index (χ0v) is 7.11. The van der Waals surface area contributed by atoms with Crippen LogP contribution < -0.4 is 5.48 Å². The molecule has 2 N–H and O–H groups in total. The lowest BCUT2D eigenvalue weighted by molar-refractivity contribution is -0.131. The van der Waals surface area contributed by atoms with E-state index in [4.69, 9.17) is 9.94 Å². The van der Waals surface area contributed by atoms with Crippen LogP contribution in [0.5, 0.6) is 0 Å². The predicted molar refractivity (Wildman–Crippen MR) is 41.6 cm³/mol. The van der Waals surface area contributed by atoms with Crippen LogP contribution >= 0.6 is 11.8 Å². The number of amides is 1. The quantitative estimate of drug-likeness (QED) is 0.461. The van der Waals surface area contributed by atoms with Crippen LogP contribution in [-0.4, -0.2) is 35.3 Å². The molecule has 5 heteroatoms. The maximum absolute atomic E-state index is 11.1. The molecule has 1 unspecified atom stereocenters. The lowest BCUT2D eigenvalue weighted by Crippen LogP contribution is -2.43. The zero-order valence-electron chi connectivity index (χ0n) is 6.29. The van der Waals surface area contributed by atoms with Crippen LogP contribution in [0.25, 0.3) is 0 Å². The molecule has 1 aliphatic rings. The van der Waals surface area contributed by atoms with Gasteiger partial charge in [0.05, 0.1) is 6.61 Å². The molecule has 64 valence electrons.